The van der Waals surface area contributed by atoms with Crippen LogP contribution in [0.5, 0.6) is 0 Å². The number of anilines is 1. The normalized spacial score (nSPS) is 11.1. The molecule has 4 rings (SSSR count). The van der Waals surface area contributed by atoms with Crippen LogP contribution < -0.4 is 5.32 Å². The zero-order chi connectivity index (χ0) is 22.7. The van der Waals surface area contributed by atoms with Gasteiger partial charge in [0.2, 0.25) is 0 Å². The van der Waals surface area contributed by atoms with Gasteiger partial charge in [0, 0.05) is 35.2 Å². The molecule has 162 valence electrons. The van der Waals surface area contributed by atoms with E-state index in [0.29, 0.717) is 35.3 Å². The summed E-state index contributed by atoms with van der Waals surface area (Å²) in [6.07, 6.45) is 2.68. The molecule has 0 saturated heterocycles. The Bertz CT molecular complexity index is 1300. The van der Waals surface area contributed by atoms with E-state index in [1.165, 1.54) is 11.5 Å². The number of hydrogen-bond acceptors (Lipinski definition) is 6. The van der Waals surface area contributed by atoms with E-state index < -0.39 is 0 Å². The Morgan fingerprint density at radius 1 is 1.06 bits per heavy atom. The highest BCUT2D eigenvalue weighted by atomic mass is 32.1. The molecule has 0 radical (unpaired) electrons. The largest absolute Gasteiger partial charge is 0.322 e. The standard InChI is InChI=1S/C25H24N4O2S/c1-15(2)11-22(30)17-7-6-8-18(12-17)28-25(31)24-16(3)29-32-23(24)13-19-14-26-20-9-4-5-10-21(20)27-19/h4-10,12,14-15H,11,13H2,1-3H3,(H,28,31). The lowest BCUT2D eigenvalue weighted by Crippen LogP contribution is -2.15. The van der Waals surface area contributed by atoms with Gasteiger partial charge in [-0.1, -0.05) is 38.1 Å². The number of nitrogens with one attached hydrogen (secondary N) is 1. The van der Waals surface area contributed by atoms with E-state index in [2.05, 4.69) is 19.7 Å². The van der Waals surface area contributed by atoms with Gasteiger partial charge in [0.25, 0.3) is 5.91 Å². The minimum absolute atomic E-state index is 0.0695. The minimum atomic E-state index is -0.242. The van der Waals surface area contributed by atoms with Gasteiger partial charge >= 0.3 is 0 Å². The van der Waals surface area contributed by atoms with Gasteiger partial charge < -0.3 is 5.32 Å². The molecule has 0 spiro atoms. The van der Waals surface area contributed by atoms with Crippen LogP contribution >= 0.6 is 11.5 Å². The number of Topliss-reactive ketones (excluding diaryl/α,β-unsaturated/α-hetero) is 1. The maximum absolute atomic E-state index is 13.1. The van der Waals surface area contributed by atoms with Crippen LogP contribution in [0.25, 0.3) is 11.0 Å². The number of fused-ring (bicyclic) bond motifs is 1. The molecule has 0 unspecified atom stereocenters. The summed E-state index contributed by atoms with van der Waals surface area (Å²) in [7, 11) is 0. The third kappa shape index (κ3) is 4.89. The van der Waals surface area contributed by atoms with Crippen molar-refractivity contribution in [1.29, 1.82) is 0 Å². The molecule has 1 amide bonds. The van der Waals surface area contributed by atoms with E-state index in [-0.39, 0.29) is 17.6 Å². The SMILES string of the molecule is Cc1nsc(Cc2cnc3ccccc3n2)c1C(=O)Nc1cccc(C(=O)CC(C)C)c1. The molecule has 0 aliphatic carbocycles. The molecule has 2 aromatic heterocycles. The first-order valence-electron chi connectivity index (χ1n) is 10.5. The molecule has 0 aliphatic heterocycles. The number of carbonyl (C=O) groups excluding carboxylic acids is 2. The van der Waals surface area contributed by atoms with Crippen LogP contribution in [-0.2, 0) is 6.42 Å². The summed E-state index contributed by atoms with van der Waals surface area (Å²) in [4.78, 5) is 35.5. The third-order valence-corrected chi connectivity index (χ3v) is 5.97. The Balaban J connectivity index is 1.55. The lowest BCUT2D eigenvalue weighted by atomic mass is 10.0. The summed E-state index contributed by atoms with van der Waals surface area (Å²) < 4.78 is 4.39. The number of hydrogen-bond donors (Lipinski definition) is 1. The number of rotatable bonds is 7. The Labute approximate surface area is 190 Å². The van der Waals surface area contributed by atoms with Crippen molar-refractivity contribution in [3.05, 3.63) is 82.1 Å². The number of nitrogens with zero attached hydrogens (tertiary/aromatic N) is 3. The number of aromatic nitrogens is 3. The van der Waals surface area contributed by atoms with Gasteiger partial charge in [-0.3, -0.25) is 14.6 Å². The molecule has 32 heavy (non-hydrogen) atoms. The first-order valence-corrected chi connectivity index (χ1v) is 11.3. The van der Waals surface area contributed by atoms with Gasteiger partial charge in [0.15, 0.2) is 5.78 Å². The van der Waals surface area contributed by atoms with E-state index >= 15 is 0 Å². The van der Waals surface area contributed by atoms with E-state index in [1.54, 1.807) is 30.5 Å². The zero-order valence-electron chi connectivity index (χ0n) is 18.3. The van der Waals surface area contributed by atoms with Crippen molar-refractivity contribution < 1.29 is 9.59 Å². The molecule has 2 aromatic carbocycles. The molecule has 0 bridgehead atoms. The Hall–Kier alpha value is -3.45. The molecular weight excluding hydrogens is 420 g/mol. The number of carbonyl (C=O) groups is 2. The predicted molar refractivity (Wildman–Crippen MR) is 127 cm³/mol. The third-order valence-electron chi connectivity index (χ3n) is 5.04. The fourth-order valence-corrected chi connectivity index (χ4v) is 4.41. The average molecular weight is 445 g/mol. The first-order chi connectivity index (χ1) is 15.4. The fourth-order valence-electron chi connectivity index (χ4n) is 3.53. The molecular formula is C25H24N4O2S. The van der Waals surface area contributed by atoms with Crippen molar-refractivity contribution in [2.24, 2.45) is 5.92 Å². The fraction of sp³-hybridized carbons (Fsp3) is 0.240. The second-order valence-electron chi connectivity index (χ2n) is 8.15. The molecule has 7 heteroatoms. The lowest BCUT2D eigenvalue weighted by molar-refractivity contribution is 0.0966. The van der Waals surface area contributed by atoms with Crippen molar-refractivity contribution in [3.8, 4) is 0 Å². The number of benzene rings is 2. The highest BCUT2D eigenvalue weighted by Gasteiger charge is 2.20. The Morgan fingerprint density at radius 2 is 1.84 bits per heavy atom. The smallest absolute Gasteiger partial charge is 0.258 e. The summed E-state index contributed by atoms with van der Waals surface area (Å²) in [5, 5.41) is 2.93. The second-order valence-corrected chi connectivity index (χ2v) is 9.01. The number of para-hydroxylation sites is 2. The minimum Gasteiger partial charge on any atom is -0.322 e. The van der Waals surface area contributed by atoms with Gasteiger partial charge in [-0.15, -0.1) is 0 Å². The highest BCUT2D eigenvalue weighted by Crippen LogP contribution is 2.24. The van der Waals surface area contributed by atoms with Crippen LogP contribution in [0, 0.1) is 12.8 Å². The van der Waals surface area contributed by atoms with Crippen LogP contribution in [0.3, 0.4) is 0 Å². The van der Waals surface area contributed by atoms with Crippen LogP contribution in [0.15, 0.2) is 54.7 Å². The number of amides is 1. The molecule has 4 aromatic rings. The topological polar surface area (TPSA) is 84.8 Å². The summed E-state index contributed by atoms with van der Waals surface area (Å²) in [6.45, 7) is 5.85. The molecule has 1 N–H and O–H groups in total. The quantitative estimate of drug-likeness (QED) is 0.382. The van der Waals surface area contributed by atoms with Crippen LogP contribution in [0.1, 0.15) is 57.2 Å². The van der Waals surface area contributed by atoms with Crippen molar-refractivity contribution in [1.82, 2.24) is 14.3 Å². The van der Waals surface area contributed by atoms with Gasteiger partial charge in [-0.05, 0) is 48.6 Å². The first kappa shape index (κ1) is 21.8. The van der Waals surface area contributed by atoms with Crippen LogP contribution in [0.4, 0.5) is 5.69 Å². The maximum Gasteiger partial charge on any atom is 0.258 e. The Morgan fingerprint density at radius 3 is 2.62 bits per heavy atom. The molecule has 0 fully saturated rings. The van der Waals surface area contributed by atoms with E-state index in [1.807, 2.05) is 45.0 Å². The molecule has 6 nitrogen and oxygen atoms in total. The van der Waals surface area contributed by atoms with Crippen molar-refractivity contribution >= 4 is 39.9 Å². The molecule has 0 aliphatic rings. The van der Waals surface area contributed by atoms with Gasteiger partial charge in [-0.2, -0.15) is 4.37 Å². The number of aryl methyl sites for hydroxylation is 1. The van der Waals surface area contributed by atoms with Crippen molar-refractivity contribution in [3.63, 3.8) is 0 Å². The van der Waals surface area contributed by atoms with E-state index in [9.17, 15) is 9.59 Å². The molecule has 2 heterocycles. The maximum atomic E-state index is 13.1. The van der Waals surface area contributed by atoms with E-state index in [0.717, 1.165) is 21.6 Å². The van der Waals surface area contributed by atoms with Crippen LogP contribution in [-0.4, -0.2) is 26.0 Å². The van der Waals surface area contributed by atoms with Crippen molar-refractivity contribution in [2.75, 3.05) is 5.32 Å². The molecule has 0 atom stereocenters. The average Bonchev–Trinajstić information content (AvgIpc) is 3.13. The van der Waals surface area contributed by atoms with Gasteiger partial charge in [0.05, 0.1) is 28.0 Å². The predicted octanol–water partition coefficient (Wildman–Crippen LogP) is 5.47. The highest BCUT2D eigenvalue weighted by molar-refractivity contribution is 7.06. The monoisotopic (exact) mass is 444 g/mol. The van der Waals surface area contributed by atoms with Crippen LogP contribution in [0.2, 0.25) is 0 Å². The number of ketones is 1. The Kier molecular flexibility index (Phi) is 6.37. The van der Waals surface area contributed by atoms with Gasteiger partial charge in [0.1, 0.15) is 0 Å². The second kappa shape index (κ2) is 9.36. The molecule has 0 saturated carbocycles. The summed E-state index contributed by atoms with van der Waals surface area (Å²) >= 11 is 1.30. The summed E-state index contributed by atoms with van der Waals surface area (Å²) in [5.41, 5.74) is 4.84. The van der Waals surface area contributed by atoms with Gasteiger partial charge in [-0.25, -0.2) is 4.98 Å². The van der Waals surface area contributed by atoms with E-state index in [4.69, 9.17) is 0 Å². The summed E-state index contributed by atoms with van der Waals surface area (Å²) in [6, 6.07) is 14.8. The lowest BCUT2D eigenvalue weighted by Gasteiger charge is -2.09. The summed E-state index contributed by atoms with van der Waals surface area (Å²) in [5.74, 6) is 0.106. The van der Waals surface area contributed by atoms with Crippen molar-refractivity contribution in [2.45, 2.75) is 33.6 Å². The zero-order valence-corrected chi connectivity index (χ0v) is 19.1.